The third-order valence-corrected chi connectivity index (χ3v) is 7.40. The number of hydrogen-bond donors (Lipinski definition) is 2. The lowest BCUT2D eigenvalue weighted by Gasteiger charge is -2.34. The van der Waals surface area contributed by atoms with Crippen LogP contribution >= 0.6 is 11.6 Å². The molecule has 2 aliphatic rings. The van der Waals surface area contributed by atoms with Crippen LogP contribution in [0, 0.1) is 18.7 Å². The molecule has 37 heavy (non-hydrogen) atoms. The zero-order valence-corrected chi connectivity index (χ0v) is 21.9. The number of aromatic amines is 1. The Morgan fingerprint density at radius 2 is 1.86 bits per heavy atom. The summed E-state index contributed by atoms with van der Waals surface area (Å²) >= 11 is 5.88. The Kier molecular flexibility index (Phi) is 7.57. The molecule has 0 bridgehead atoms. The highest BCUT2D eigenvalue weighted by molar-refractivity contribution is 6.31. The van der Waals surface area contributed by atoms with Gasteiger partial charge in [-0.15, -0.1) is 0 Å². The second-order valence-electron chi connectivity index (χ2n) is 9.92. The van der Waals surface area contributed by atoms with Crippen LogP contribution in [-0.4, -0.2) is 82.2 Å². The van der Waals surface area contributed by atoms with Crippen molar-refractivity contribution in [3.63, 3.8) is 0 Å². The Labute approximate surface area is 221 Å². The van der Waals surface area contributed by atoms with Gasteiger partial charge in [-0.25, -0.2) is 14.4 Å². The summed E-state index contributed by atoms with van der Waals surface area (Å²) in [4.78, 5) is 28.9. The van der Waals surface area contributed by atoms with Gasteiger partial charge < -0.3 is 20.0 Å². The molecule has 3 aromatic rings. The van der Waals surface area contributed by atoms with Crippen LogP contribution in [0.1, 0.15) is 34.7 Å². The fraction of sp³-hybridized carbons (Fsp3) is 0.462. The molecule has 0 unspecified atom stereocenters. The number of likely N-dealkylation sites (tertiary alicyclic amines) is 1. The molecular weight excluding hydrogens is 495 g/mol. The van der Waals surface area contributed by atoms with Gasteiger partial charge in [-0.2, -0.15) is 5.10 Å². The van der Waals surface area contributed by atoms with Gasteiger partial charge in [0.05, 0.1) is 10.6 Å². The van der Waals surface area contributed by atoms with Crippen molar-refractivity contribution in [3.05, 3.63) is 58.3 Å². The van der Waals surface area contributed by atoms with E-state index < -0.39 is 5.82 Å². The van der Waals surface area contributed by atoms with Crippen molar-refractivity contribution in [1.29, 1.82) is 0 Å². The number of nitrogens with zero attached hydrogens (tertiary/aromatic N) is 6. The zero-order valence-electron chi connectivity index (χ0n) is 21.2. The van der Waals surface area contributed by atoms with E-state index in [0.717, 1.165) is 62.2 Å². The number of piperidine rings is 1. The number of aryl methyl sites for hydroxylation is 1. The van der Waals surface area contributed by atoms with E-state index in [-0.39, 0.29) is 16.5 Å². The molecule has 2 N–H and O–H groups in total. The van der Waals surface area contributed by atoms with Gasteiger partial charge in [0.1, 0.15) is 17.5 Å². The van der Waals surface area contributed by atoms with Crippen molar-refractivity contribution in [2.24, 2.45) is 5.92 Å². The summed E-state index contributed by atoms with van der Waals surface area (Å²) in [6.07, 6.45) is 2.32. The van der Waals surface area contributed by atoms with E-state index in [9.17, 15) is 9.18 Å². The molecule has 1 aromatic carbocycles. The number of benzene rings is 1. The first-order valence-corrected chi connectivity index (χ1v) is 13.1. The highest BCUT2D eigenvalue weighted by atomic mass is 35.5. The number of H-pyrrole nitrogens is 1. The fourth-order valence-corrected chi connectivity index (χ4v) is 5.06. The second-order valence-corrected chi connectivity index (χ2v) is 10.3. The van der Waals surface area contributed by atoms with E-state index >= 15 is 0 Å². The molecule has 9 nitrogen and oxygen atoms in total. The molecule has 2 aliphatic heterocycles. The average molecular weight is 527 g/mol. The Hall–Kier alpha value is -3.24. The number of carbonyl (C=O) groups excluding carboxylic acids is 1. The van der Waals surface area contributed by atoms with Crippen molar-refractivity contribution in [3.8, 4) is 0 Å². The first-order chi connectivity index (χ1) is 17.9. The topological polar surface area (TPSA) is 93.3 Å². The second kappa shape index (κ2) is 11.0. The number of hydrogen-bond acceptors (Lipinski definition) is 7. The van der Waals surface area contributed by atoms with Gasteiger partial charge in [-0.3, -0.25) is 9.89 Å². The molecule has 2 aromatic heterocycles. The standard InChI is InChI=1S/C26H32ClFN8O/c1-17-14-23(33-32-17)30-22-16-24(35-12-10-34(2)11-13-35)31-21(29-22)15-18-6-8-36(9-7-18)26(37)19-4-3-5-20(27)25(19)28/h3-5,14,16,18H,6-13,15H2,1-2H3,(H2,29,30,31,32,33). The third kappa shape index (κ3) is 6.02. The van der Waals surface area contributed by atoms with Crippen LogP contribution in [0.3, 0.4) is 0 Å². The van der Waals surface area contributed by atoms with Gasteiger partial charge in [0, 0.05) is 63.5 Å². The number of amides is 1. The average Bonchev–Trinajstić information content (AvgIpc) is 3.30. The van der Waals surface area contributed by atoms with Gasteiger partial charge in [0.25, 0.3) is 5.91 Å². The molecular formula is C26H32ClFN8O. The minimum atomic E-state index is -0.655. The van der Waals surface area contributed by atoms with Crippen LogP contribution in [0.25, 0.3) is 0 Å². The number of aromatic nitrogens is 4. The van der Waals surface area contributed by atoms with E-state index in [1.165, 1.54) is 12.1 Å². The number of anilines is 3. The first kappa shape index (κ1) is 25.4. The lowest BCUT2D eigenvalue weighted by molar-refractivity contribution is 0.0685. The molecule has 0 saturated carbocycles. The maximum absolute atomic E-state index is 14.4. The number of nitrogens with one attached hydrogen (secondary N) is 2. The van der Waals surface area contributed by atoms with Gasteiger partial charge in [0.2, 0.25) is 0 Å². The van der Waals surface area contributed by atoms with E-state index in [4.69, 9.17) is 21.6 Å². The molecule has 196 valence electrons. The van der Waals surface area contributed by atoms with Crippen LogP contribution in [0.15, 0.2) is 30.3 Å². The summed E-state index contributed by atoms with van der Waals surface area (Å²) in [6, 6.07) is 8.47. The highest BCUT2D eigenvalue weighted by Crippen LogP contribution is 2.27. The smallest absolute Gasteiger partial charge is 0.256 e. The van der Waals surface area contributed by atoms with Crippen molar-refractivity contribution in [1.82, 2.24) is 30.0 Å². The summed E-state index contributed by atoms with van der Waals surface area (Å²) in [5.74, 6) is 2.48. The molecule has 0 aliphatic carbocycles. The van der Waals surface area contributed by atoms with Crippen molar-refractivity contribution in [2.75, 3.05) is 56.5 Å². The normalized spacial score (nSPS) is 17.3. The van der Waals surface area contributed by atoms with Gasteiger partial charge in [-0.05, 0) is 44.9 Å². The number of carbonyl (C=O) groups is 1. The third-order valence-electron chi connectivity index (χ3n) is 7.10. The predicted molar refractivity (Wildman–Crippen MR) is 142 cm³/mol. The van der Waals surface area contributed by atoms with Crippen molar-refractivity contribution < 1.29 is 9.18 Å². The first-order valence-electron chi connectivity index (χ1n) is 12.7. The Morgan fingerprint density at radius 1 is 1.11 bits per heavy atom. The maximum atomic E-state index is 14.4. The Balaban J connectivity index is 1.28. The van der Waals surface area contributed by atoms with Crippen molar-refractivity contribution >= 4 is 35.0 Å². The molecule has 0 radical (unpaired) electrons. The SMILES string of the molecule is Cc1cc(Nc2cc(N3CCN(C)CC3)nc(CC3CCN(C(=O)c4cccc(Cl)c4F)CC3)n2)n[nH]1. The largest absolute Gasteiger partial charge is 0.354 e. The van der Waals surface area contributed by atoms with Crippen molar-refractivity contribution in [2.45, 2.75) is 26.2 Å². The summed E-state index contributed by atoms with van der Waals surface area (Å²) in [6.45, 7) is 6.87. The summed E-state index contributed by atoms with van der Waals surface area (Å²) in [7, 11) is 2.13. The molecule has 0 atom stereocenters. The molecule has 2 fully saturated rings. The minimum absolute atomic E-state index is 0.0264. The molecule has 5 rings (SSSR count). The van der Waals surface area contributed by atoms with E-state index in [1.54, 1.807) is 11.0 Å². The zero-order chi connectivity index (χ0) is 25.9. The molecule has 1 amide bonds. The number of piperazine rings is 1. The Morgan fingerprint density at radius 3 is 2.57 bits per heavy atom. The van der Waals surface area contributed by atoms with Crippen LogP contribution in [0.4, 0.5) is 21.8 Å². The van der Waals surface area contributed by atoms with E-state index in [1.807, 2.05) is 19.1 Å². The summed E-state index contributed by atoms with van der Waals surface area (Å²) in [5.41, 5.74) is 0.994. The quantitative estimate of drug-likeness (QED) is 0.503. The lowest BCUT2D eigenvalue weighted by Crippen LogP contribution is -2.45. The van der Waals surface area contributed by atoms with Gasteiger partial charge >= 0.3 is 0 Å². The predicted octanol–water partition coefficient (Wildman–Crippen LogP) is 3.89. The monoisotopic (exact) mass is 526 g/mol. The van der Waals surface area contributed by atoms with Crippen LogP contribution in [-0.2, 0) is 6.42 Å². The molecule has 11 heteroatoms. The maximum Gasteiger partial charge on any atom is 0.256 e. The molecule has 0 spiro atoms. The minimum Gasteiger partial charge on any atom is -0.354 e. The summed E-state index contributed by atoms with van der Waals surface area (Å²) < 4.78 is 14.4. The van der Waals surface area contributed by atoms with Crippen LogP contribution in [0.5, 0.6) is 0 Å². The fourth-order valence-electron chi connectivity index (χ4n) is 4.89. The number of likely N-dealkylation sites (N-methyl/N-ethyl adjacent to an activating group) is 1. The Bertz CT molecular complexity index is 1250. The van der Waals surface area contributed by atoms with Crippen LogP contribution in [0.2, 0.25) is 5.02 Å². The summed E-state index contributed by atoms with van der Waals surface area (Å²) in [5, 5.41) is 10.5. The number of halogens is 2. The van der Waals surface area contributed by atoms with Gasteiger partial charge in [-0.1, -0.05) is 17.7 Å². The molecule has 2 saturated heterocycles. The molecule has 4 heterocycles. The van der Waals surface area contributed by atoms with Gasteiger partial charge in [0.15, 0.2) is 11.6 Å². The van der Waals surface area contributed by atoms with E-state index in [2.05, 4.69) is 32.4 Å². The van der Waals surface area contributed by atoms with Crippen LogP contribution < -0.4 is 10.2 Å². The lowest BCUT2D eigenvalue weighted by atomic mass is 9.92. The highest BCUT2D eigenvalue weighted by Gasteiger charge is 2.27. The van der Waals surface area contributed by atoms with E-state index in [0.29, 0.717) is 31.2 Å². The number of rotatable bonds is 6.